The Labute approximate surface area is 107 Å². The van der Waals surface area contributed by atoms with Gasteiger partial charge in [0.1, 0.15) is 5.75 Å². The van der Waals surface area contributed by atoms with Crippen molar-refractivity contribution in [3.63, 3.8) is 0 Å². The molecule has 0 heterocycles. The maximum atomic E-state index is 5.10. The third-order valence-corrected chi connectivity index (χ3v) is 2.74. The van der Waals surface area contributed by atoms with Gasteiger partial charge in [-0.1, -0.05) is 23.9 Å². The lowest BCUT2D eigenvalue weighted by Gasteiger charge is -2.02. The Bertz CT molecular complexity index is 428. The fourth-order valence-electron chi connectivity index (χ4n) is 1.09. The molecular formula is C14H17NOS. The molecule has 17 heavy (non-hydrogen) atoms. The average molecular weight is 247 g/mol. The summed E-state index contributed by atoms with van der Waals surface area (Å²) in [6.45, 7) is 7.96. The number of allylic oxidation sites excluding steroid dienone is 2. The maximum absolute atomic E-state index is 5.10. The highest BCUT2D eigenvalue weighted by molar-refractivity contribution is 8.03. The fraction of sp³-hybridized carbons (Fsp3) is 0.214. The zero-order valence-corrected chi connectivity index (χ0v) is 11.3. The molecule has 2 nitrogen and oxygen atoms in total. The molecule has 0 aliphatic carbocycles. The van der Waals surface area contributed by atoms with Crippen molar-refractivity contribution in [1.29, 1.82) is 0 Å². The number of rotatable bonds is 5. The normalized spacial score (nSPS) is 10.3. The summed E-state index contributed by atoms with van der Waals surface area (Å²) in [6, 6.07) is 7.87. The minimum absolute atomic E-state index is 0.859. The van der Waals surface area contributed by atoms with Crippen molar-refractivity contribution in [3.05, 3.63) is 47.5 Å². The first-order chi connectivity index (χ1) is 8.11. The molecule has 0 bridgehead atoms. The predicted molar refractivity (Wildman–Crippen MR) is 75.9 cm³/mol. The molecular weight excluding hydrogens is 230 g/mol. The second kappa shape index (κ2) is 6.97. The first-order valence-corrected chi connectivity index (χ1v) is 6.11. The Hall–Kier alpha value is -1.48. The van der Waals surface area contributed by atoms with E-state index in [-0.39, 0.29) is 0 Å². The van der Waals surface area contributed by atoms with E-state index < -0.39 is 0 Å². The molecule has 0 aromatic heterocycles. The van der Waals surface area contributed by atoms with Gasteiger partial charge < -0.3 is 4.74 Å². The lowest BCUT2D eigenvalue weighted by molar-refractivity contribution is 0.414. The van der Waals surface area contributed by atoms with Crippen molar-refractivity contribution in [1.82, 2.24) is 0 Å². The molecule has 90 valence electrons. The minimum atomic E-state index is 0.859. The Kier molecular flexibility index (Phi) is 5.57. The molecule has 0 amide bonds. The van der Waals surface area contributed by atoms with Crippen LogP contribution in [0.3, 0.4) is 0 Å². The fourth-order valence-corrected chi connectivity index (χ4v) is 1.78. The molecule has 0 saturated carbocycles. The molecule has 1 aromatic rings. The van der Waals surface area contributed by atoms with Crippen LogP contribution in [0.1, 0.15) is 13.8 Å². The summed E-state index contributed by atoms with van der Waals surface area (Å²) < 4.78 is 5.10. The zero-order chi connectivity index (χ0) is 12.7. The van der Waals surface area contributed by atoms with Gasteiger partial charge in [0.2, 0.25) is 0 Å². The van der Waals surface area contributed by atoms with Gasteiger partial charge in [0.05, 0.1) is 7.11 Å². The standard InChI is InChI=1S/C14H17NOS/c1-11(2)9-15-10-12(3)17-14-7-5-13(16-4)6-8-14/h5-10H,3H2,1-2,4H3. The third kappa shape index (κ3) is 5.41. The summed E-state index contributed by atoms with van der Waals surface area (Å²) in [5.74, 6) is 0.859. The van der Waals surface area contributed by atoms with Crippen LogP contribution in [-0.2, 0) is 0 Å². The Morgan fingerprint density at radius 1 is 1.29 bits per heavy atom. The van der Waals surface area contributed by atoms with Gasteiger partial charge in [0.25, 0.3) is 0 Å². The molecule has 0 atom stereocenters. The number of benzene rings is 1. The second-order valence-electron chi connectivity index (χ2n) is 3.73. The van der Waals surface area contributed by atoms with E-state index in [2.05, 4.69) is 11.6 Å². The van der Waals surface area contributed by atoms with E-state index in [1.165, 1.54) is 5.57 Å². The summed E-state index contributed by atoms with van der Waals surface area (Å²) in [6.07, 6.45) is 3.58. The van der Waals surface area contributed by atoms with Crippen molar-refractivity contribution >= 4 is 18.0 Å². The number of hydrogen-bond donors (Lipinski definition) is 0. The van der Waals surface area contributed by atoms with Crippen LogP contribution in [0.15, 0.2) is 57.4 Å². The number of ether oxygens (including phenoxy) is 1. The summed E-state index contributed by atoms with van der Waals surface area (Å²) in [4.78, 5) is 6.20. The van der Waals surface area contributed by atoms with Crippen molar-refractivity contribution in [2.45, 2.75) is 18.7 Å². The van der Waals surface area contributed by atoms with E-state index in [1.54, 1.807) is 25.1 Å². The number of nitrogens with zero attached hydrogens (tertiary/aromatic N) is 1. The lowest BCUT2D eigenvalue weighted by atomic mass is 10.3. The van der Waals surface area contributed by atoms with Gasteiger partial charge in [-0.3, -0.25) is 4.99 Å². The van der Waals surface area contributed by atoms with Crippen LogP contribution in [0.2, 0.25) is 0 Å². The molecule has 0 radical (unpaired) electrons. The molecule has 0 N–H and O–H groups in total. The van der Waals surface area contributed by atoms with Gasteiger partial charge in [-0.05, 0) is 38.1 Å². The van der Waals surface area contributed by atoms with Crippen LogP contribution in [0.4, 0.5) is 0 Å². The molecule has 0 spiro atoms. The smallest absolute Gasteiger partial charge is 0.118 e. The molecule has 0 unspecified atom stereocenters. The molecule has 0 aliphatic rings. The highest BCUT2D eigenvalue weighted by atomic mass is 32.2. The quantitative estimate of drug-likeness (QED) is 0.571. The number of methoxy groups -OCH3 is 1. The SMILES string of the molecule is C=C(C=NC=C(C)C)Sc1ccc(OC)cc1. The average Bonchev–Trinajstić information content (AvgIpc) is 2.29. The van der Waals surface area contributed by atoms with Crippen molar-refractivity contribution in [2.24, 2.45) is 4.99 Å². The Balaban J connectivity index is 2.56. The predicted octanol–water partition coefficient (Wildman–Crippen LogP) is 4.30. The highest BCUT2D eigenvalue weighted by Crippen LogP contribution is 2.25. The molecule has 0 saturated heterocycles. The van der Waals surface area contributed by atoms with Crippen LogP contribution in [0.25, 0.3) is 0 Å². The first-order valence-electron chi connectivity index (χ1n) is 5.29. The topological polar surface area (TPSA) is 21.6 Å². The molecule has 3 heteroatoms. The minimum Gasteiger partial charge on any atom is -0.497 e. The Morgan fingerprint density at radius 3 is 2.47 bits per heavy atom. The molecule has 0 fully saturated rings. The van der Waals surface area contributed by atoms with Crippen LogP contribution >= 0.6 is 11.8 Å². The number of aliphatic imine (C=N–C) groups is 1. The second-order valence-corrected chi connectivity index (χ2v) is 4.93. The molecule has 1 aromatic carbocycles. The van der Waals surface area contributed by atoms with E-state index in [4.69, 9.17) is 4.74 Å². The van der Waals surface area contributed by atoms with Gasteiger partial charge in [-0.25, -0.2) is 0 Å². The van der Waals surface area contributed by atoms with Gasteiger partial charge in [0.15, 0.2) is 0 Å². The number of thioether (sulfide) groups is 1. The van der Waals surface area contributed by atoms with Gasteiger partial charge in [-0.15, -0.1) is 0 Å². The van der Waals surface area contributed by atoms with Crippen molar-refractivity contribution in [3.8, 4) is 5.75 Å². The van der Waals surface area contributed by atoms with Crippen LogP contribution in [-0.4, -0.2) is 13.3 Å². The summed E-state index contributed by atoms with van der Waals surface area (Å²) >= 11 is 1.59. The monoisotopic (exact) mass is 247 g/mol. The Morgan fingerprint density at radius 2 is 1.94 bits per heavy atom. The van der Waals surface area contributed by atoms with Crippen LogP contribution in [0.5, 0.6) is 5.75 Å². The largest absolute Gasteiger partial charge is 0.497 e. The highest BCUT2D eigenvalue weighted by Gasteiger charge is 1.96. The summed E-state index contributed by atoms with van der Waals surface area (Å²) in [5.41, 5.74) is 1.17. The van der Waals surface area contributed by atoms with E-state index >= 15 is 0 Å². The van der Waals surface area contributed by atoms with Crippen LogP contribution in [0, 0.1) is 0 Å². The van der Waals surface area contributed by atoms with E-state index in [0.29, 0.717) is 0 Å². The van der Waals surface area contributed by atoms with Crippen molar-refractivity contribution in [2.75, 3.05) is 7.11 Å². The maximum Gasteiger partial charge on any atom is 0.118 e. The summed E-state index contributed by atoms with van der Waals surface area (Å²) in [5, 5.41) is 0. The third-order valence-electron chi connectivity index (χ3n) is 1.86. The zero-order valence-electron chi connectivity index (χ0n) is 10.4. The van der Waals surface area contributed by atoms with E-state index in [9.17, 15) is 0 Å². The van der Waals surface area contributed by atoms with E-state index in [1.807, 2.05) is 44.3 Å². The van der Waals surface area contributed by atoms with E-state index in [0.717, 1.165) is 15.6 Å². The lowest BCUT2D eigenvalue weighted by Crippen LogP contribution is -1.82. The van der Waals surface area contributed by atoms with Crippen LogP contribution < -0.4 is 4.74 Å². The van der Waals surface area contributed by atoms with Gasteiger partial charge in [0, 0.05) is 22.2 Å². The molecule has 1 rings (SSSR count). The number of hydrogen-bond acceptors (Lipinski definition) is 3. The summed E-state index contributed by atoms with van der Waals surface area (Å²) in [7, 11) is 1.66. The van der Waals surface area contributed by atoms with Crippen molar-refractivity contribution < 1.29 is 4.74 Å². The van der Waals surface area contributed by atoms with Gasteiger partial charge >= 0.3 is 0 Å². The van der Waals surface area contributed by atoms with Gasteiger partial charge in [-0.2, -0.15) is 0 Å². The molecule has 0 aliphatic heterocycles. The first kappa shape index (κ1) is 13.6.